The van der Waals surface area contributed by atoms with Gasteiger partial charge in [-0.2, -0.15) is 16.9 Å². The second kappa shape index (κ2) is 3.93. The largest absolute Gasteiger partial charge is 0.383 e. The van der Waals surface area contributed by atoms with Crippen LogP contribution in [0, 0.1) is 5.41 Å². The van der Waals surface area contributed by atoms with Crippen molar-refractivity contribution in [3.05, 3.63) is 16.9 Å². The van der Waals surface area contributed by atoms with Crippen LogP contribution in [-0.4, -0.2) is 26.4 Å². The summed E-state index contributed by atoms with van der Waals surface area (Å²) in [6, 6.07) is 0. The Balaban J connectivity index is 2.39. The fourth-order valence-corrected chi connectivity index (χ4v) is 4.15. The van der Waals surface area contributed by atoms with Gasteiger partial charge in [0.1, 0.15) is 5.60 Å². The first-order chi connectivity index (χ1) is 7.34. The minimum atomic E-state index is -0.852. The van der Waals surface area contributed by atoms with Crippen LogP contribution in [0.1, 0.15) is 26.0 Å². The van der Waals surface area contributed by atoms with Gasteiger partial charge in [-0.15, -0.1) is 0 Å². The highest BCUT2D eigenvalue weighted by Crippen LogP contribution is 2.45. The van der Waals surface area contributed by atoms with Gasteiger partial charge in [-0.3, -0.25) is 4.68 Å². The van der Waals surface area contributed by atoms with Crippen molar-refractivity contribution >= 4 is 23.4 Å². The SMILES string of the molecule is Cn1ncc(Cl)c1C1(O)CSCC(C)(C)C1. The van der Waals surface area contributed by atoms with Crippen molar-refractivity contribution in [2.75, 3.05) is 11.5 Å². The summed E-state index contributed by atoms with van der Waals surface area (Å²) in [5.74, 6) is 1.76. The molecule has 2 heterocycles. The number of hydrogen-bond donors (Lipinski definition) is 1. The van der Waals surface area contributed by atoms with E-state index in [1.54, 1.807) is 22.6 Å². The molecule has 0 aliphatic carbocycles. The van der Waals surface area contributed by atoms with E-state index in [4.69, 9.17) is 11.6 Å². The standard InChI is InChI=1S/C11H17ClN2OS/c1-10(2)5-11(15,7-16-6-10)9-8(12)4-13-14(9)3/h4,15H,5-7H2,1-3H3. The van der Waals surface area contributed by atoms with Crippen molar-refractivity contribution in [2.45, 2.75) is 25.9 Å². The molecule has 0 aromatic carbocycles. The summed E-state index contributed by atoms with van der Waals surface area (Å²) in [7, 11) is 1.82. The number of nitrogens with zero attached hydrogens (tertiary/aromatic N) is 2. The van der Waals surface area contributed by atoms with E-state index in [0.717, 1.165) is 17.9 Å². The maximum absolute atomic E-state index is 10.8. The van der Waals surface area contributed by atoms with E-state index < -0.39 is 5.60 Å². The molecular weight excluding hydrogens is 244 g/mol. The van der Waals surface area contributed by atoms with Crippen molar-refractivity contribution in [2.24, 2.45) is 12.5 Å². The van der Waals surface area contributed by atoms with Crippen LogP contribution in [0.2, 0.25) is 5.02 Å². The van der Waals surface area contributed by atoms with Crippen LogP contribution in [0.3, 0.4) is 0 Å². The van der Waals surface area contributed by atoms with E-state index in [9.17, 15) is 5.11 Å². The fraction of sp³-hybridized carbons (Fsp3) is 0.727. The smallest absolute Gasteiger partial charge is 0.117 e. The Labute approximate surface area is 105 Å². The highest BCUT2D eigenvalue weighted by Gasteiger charge is 2.43. The molecule has 1 atom stereocenters. The second-order valence-corrected chi connectivity index (χ2v) is 6.72. The van der Waals surface area contributed by atoms with E-state index in [2.05, 4.69) is 18.9 Å². The van der Waals surface area contributed by atoms with E-state index in [0.29, 0.717) is 10.8 Å². The summed E-state index contributed by atoms with van der Waals surface area (Å²) < 4.78 is 1.68. The topological polar surface area (TPSA) is 38.0 Å². The third-order valence-corrected chi connectivity index (χ3v) is 4.88. The first-order valence-electron chi connectivity index (χ1n) is 5.32. The van der Waals surface area contributed by atoms with Gasteiger partial charge in [-0.25, -0.2) is 0 Å². The zero-order chi connectivity index (χ0) is 12.0. The number of rotatable bonds is 1. The van der Waals surface area contributed by atoms with Crippen LogP contribution in [0.5, 0.6) is 0 Å². The molecule has 0 spiro atoms. The van der Waals surface area contributed by atoms with Gasteiger partial charge in [0.2, 0.25) is 0 Å². The van der Waals surface area contributed by atoms with Crippen molar-refractivity contribution in [3.8, 4) is 0 Å². The first kappa shape index (κ1) is 12.3. The highest BCUT2D eigenvalue weighted by atomic mass is 35.5. The Hall–Kier alpha value is -0.190. The molecule has 16 heavy (non-hydrogen) atoms. The molecule has 1 aromatic rings. The summed E-state index contributed by atoms with van der Waals surface area (Å²) in [5.41, 5.74) is 0.0226. The summed E-state index contributed by atoms with van der Waals surface area (Å²) in [6.07, 6.45) is 2.33. The second-order valence-electron chi connectivity index (χ2n) is 5.33. The molecule has 1 saturated heterocycles. The van der Waals surface area contributed by atoms with Crippen LogP contribution in [-0.2, 0) is 12.6 Å². The molecule has 90 valence electrons. The van der Waals surface area contributed by atoms with Crippen LogP contribution >= 0.6 is 23.4 Å². The number of halogens is 1. The first-order valence-corrected chi connectivity index (χ1v) is 6.85. The lowest BCUT2D eigenvalue weighted by atomic mass is 9.80. The quantitative estimate of drug-likeness (QED) is 0.843. The van der Waals surface area contributed by atoms with Crippen molar-refractivity contribution < 1.29 is 5.11 Å². The monoisotopic (exact) mass is 260 g/mol. The molecule has 0 saturated carbocycles. The minimum Gasteiger partial charge on any atom is -0.383 e. The third-order valence-electron chi connectivity index (χ3n) is 2.94. The zero-order valence-corrected chi connectivity index (χ0v) is 11.4. The lowest BCUT2D eigenvalue weighted by Gasteiger charge is -2.41. The average molecular weight is 261 g/mol. The molecule has 3 nitrogen and oxygen atoms in total. The van der Waals surface area contributed by atoms with Crippen molar-refractivity contribution in [1.82, 2.24) is 9.78 Å². The average Bonchev–Trinajstić information content (AvgIpc) is 2.44. The molecule has 2 rings (SSSR count). The van der Waals surface area contributed by atoms with Gasteiger partial charge in [-0.1, -0.05) is 25.4 Å². The predicted octanol–water partition coefficient (Wildman–Crippen LogP) is 2.42. The lowest BCUT2D eigenvalue weighted by Crippen LogP contribution is -2.41. The molecule has 1 fully saturated rings. The van der Waals surface area contributed by atoms with E-state index >= 15 is 0 Å². The van der Waals surface area contributed by atoms with E-state index in [1.165, 1.54) is 0 Å². The number of thioether (sulfide) groups is 1. The molecule has 0 radical (unpaired) electrons. The maximum atomic E-state index is 10.8. The molecular formula is C11H17ClN2OS. The van der Waals surface area contributed by atoms with E-state index in [1.807, 2.05) is 7.05 Å². The molecule has 1 aliphatic rings. The Morgan fingerprint density at radius 1 is 1.50 bits per heavy atom. The maximum Gasteiger partial charge on any atom is 0.117 e. The van der Waals surface area contributed by atoms with Gasteiger partial charge in [0.15, 0.2) is 0 Å². The number of aliphatic hydroxyl groups is 1. The van der Waals surface area contributed by atoms with Gasteiger partial charge < -0.3 is 5.11 Å². The summed E-state index contributed by atoms with van der Waals surface area (Å²) in [6.45, 7) is 4.35. The van der Waals surface area contributed by atoms with Gasteiger partial charge in [0.25, 0.3) is 0 Å². The van der Waals surface area contributed by atoms with Gasteiger partial charge in [0, 0.05) is 12.8 Å². The zero-order valence-electron chi connectivity index (χ0n) is 9.83. The normalized spacial score (nSPS) is 29.3. The molecule has 5 heteroatoms. The fourth-order valence-electron chi connectivity index (χ4n) is 2.48. The van der Waals surface area contributed by atoms with Gasteiger partial charge >= 0.3 is 0 Å². The Kier molecular flexibility index (Phi) is 3.01. The summed E-state index contributed by atoms with van der Waals surface area (Å²) in [5, 5.41) is 15.4. The molecule has 1 unspecified atom stereocenters. The molecule has 1 N–H and O–H groups in total. The van der Waals surface area contributed by atoms with Crippen LogP contribution in [0.15, 0.2) is 6.20 Å². The highest BCUT2D eigenvalue weighted by molar-refractivity contribution is 7.99. The van der Waals surface area contributed by atoms with E-state index in [-0.39, 0.29) is 5.41 Å². The summed E-state index contributed by atoms with van der Waals surface area (Å²) >= 11 is 7.88. The molecule has 0 amide bonds. The third kappa shape index (κ3) is 2.11. The Morgan fingerprint density at radius 3 is 2.69 bits per heavy atom. The Bertz CT molecular complexity index is 385. The van der Waals surface area contributed by atoms with Crippen molar-refractivity contribution in [3.63, 3.8) is 0 Å². The number of aromatic nitrogens is 2. The summed E-state index contributed by atoms with van der Waals surface area (Å²) in [4.78, 5) is 0. The van der Waals surface area contributed by atoms with Crippen LogP contribution < -0.4 is 0 Å². The molecule has 1 aromatic heterocycles. The van der Waals surface area contributed by atoms with Crippen LogP contribution in [0.4, 0.5) is 0 Å². The molecule has 1 aliphatic heterocycles. The minimum absolute atomic E-state index is 0.130. The van der Waals surface area contributed by atoms with Crippen molar-refractivity contribution in [1.29, 1.82) is 0 Å². The number of aryl methyl sites for hydroxylation is 1. The molecule has 0 bridgehead atoms. The predicted molar refractivity (Wildman–Crippen MR) is 67.8 cm³/mol. The van der Waals surface area contributed by atoms with Crippen LogP contribution in [0.25, 0.3) is 0 Å². The Morgan fingerprint density at radius 2 is 2.19 bits per heavy atom. The van der Waals surface area contributed by atoms with Gasteiger partial charge in [0.05, 0.1) is 16.9 Å². The lowest BCUT2D eigenvalue weighted by molar-refractivity contribution is 0.00855. The number of hydrogen-bond acceptors (Lipinski definition) is 3. The van der Waals surface area contributed by atoms with Gasteiger partial charge in [-0.05, 0) is 17.6 Å².